The highest BCUT2D eigenvalue weighted by molar-refractivity contribution is 9.10. The molecule has 3 rings (SSSR count). The Bertz CT molecular complexity index is 1030. The molecule has 0 unspecified atom stereocenters. The van der Waals surface area contributed by atoms with E-state index in [1.54, 1.807) is 42.6 Å². The van der Waals surface area contributed by atoms with E-state index >= 15 is 0 Å². The first-order chi connectivity index (χ1) is 13.5. The van der Waals surface area contributed by atoms with Crippen molar-refractivity contribution in [2.75, 3.05) is 10.7 Å². The van der Waals surface area contributed by atoms with Gasteiger partial charge in [0.2, 0.25) is 11.6 Å². The molecule has 0 atom stereocenters. The molecule has 0 saturated carbocycles. The van der Waals surface area contributed by atoms with E-state index in [1.165, 1.54) is 0 Å². The number of aromatic nitrogens is 3. The van der Waals surface area contributed by atoms with E-state index in [-0.39, 0.29) is 11.6 Å². The number of aryl methyl sites for hydroxylation is 1. The third-order valence-corrected chi connectivity index (χ3v) is 4.27. The predicted octanol–water partition coefficient (Wildman–Crippen LogP) is 3.35. The highest BCUT2D eigenvalue weighted by Gasteiger charge is 2.24. The largest absolute Gasteiger partial charge is 0.355 e. The van der Waals surface area contributed by atoms with Crippen molar-refractivity contribution in [3.63, 3.8) is 0 Å². The number of hydrogen-bond acceptors (Lipinski definition) is 8. The molecule has 10 nitrogen and oxygen atoms in total. The number of carbonyl (C=O) groups excluding carboxylic acids is 1. The average molecular weight is 444 g/mol. The minimum Gasteiger partial charge on any atom is -0.319 e. The van der Waals surface area contributed by atoms with Crippen LogP contribution >= 0.6 is 15.9 Å². The number of amides is 1. The van der Waals surface area contributed by atoms with Crippen molar-refractivity contribution >= 4 is 45.0 Å². The monoisotopic (exact) mass is 443 g/mol. The lowest BCUT2D eigenvalue weighted by Gasteiger charge is -2.11. The summed E-state index contributed by atoms with van der Waals surface area (Å²) in [4.78, 5) is 35.1. The summed E-state index contributed by atoms with van der Waals surface area (Å²) < 4.78 is 0.583. The lowest BCUT2D eigenvalue weighted by atomic mass is 10.2. The van der Waals surface area contributed by atoms with Gasteiger partial charge in [0.25, 0.3) is 5.91 Å². The second-order valence-corrected chi connectivity index (χ2v) is 6.44. The molecule has 0 saturated heterocycles. The van der Waals surface area contributed by atoms with E-state index in [0.29, 0.717) is 15.9 Å². The molecule has 3 N–H and O–H groups in total. The molecule has 142 valence electrons. The lowest BCUT2D eigenvalue weighted by Crippen LogP contribution is -2.30. The quantitative estimate of drug-likeness (QED) is 0.389. The molecule has 2 heterocycles. The molecule has 0 aliphatic rings. The Kier molecular flexibility index (Phi) is 5.75. The van der Waals surface area contributed by atoms with E-state index in [2.05, 4.69) is 47.1 Å². The summed E-state index contributed by atoms with van der Waals surface area (Å²) in [6.45, 7) is 1.87. The van der Waals surface area contributed by atoms with Crippen molar-refractivity contribution in [2.24, 2.45) is 0 Å². The minimum atomic E-state index is -0.649. The Morgan fingerprint density at radius 1 is 1.11 bits per heavy atom. The molecule has 0 spiro atoms. The fraction of sp³-hybridized carbons (Fsp3) is 0.0588. The fourth-order valence-electron chi connectivity index (χ4n) is 2.23. The molecule has 0 aliphatic heterocycles. The molecule has 0 fully saturated rings. The van der Waals surface area contributed by atoms with Crippen molar-refractivity contribution < 1.29 is 9.72 Å². The third-order valence-electron chi connectivity index (χ3n) is 3.58. The summed E-state index contributed by atoms with van der Waals surface area (Å²) in [6.07, 6.45) is 2.75. The maximum atomic E-state index is 12.3. The number of carbonyl (C=O) groups is 1. The molecule has 0 radical (unpaired) electrons. The van der Waals surface area contributed by atoms with Crippen LogP contribution in [0, 0.1) is 17.0 Å². The highest BCUT2D eigenvalue weighted by atomic mass is 79.9. The maximum Gasteiger partial charge on any atom is 0.355 e. The Hall–Kier alpha value is -3.60. The van der Waals surface area contributed by atoms with Gasteiger partial charge >= 0.3 is 5.69 Å². The molecule has 1 amide bonds. The number of hydrazine groups is 1. The van der Waals surface area contributed by atoms with Crippen LogP contribution in [0.25, 0.3) is 0 Å². The van der Waals surface area contributed by atoms with E-state index in [9.17, 15) is 14.9 Å². The second-order valence-electron chi connectivity index (χ2n) is 5.58. The van der Waals surface area contributed by atoms with Gasteiger partial charge in [0.15, 0.2) is 0 Å². The number of benzene rings is 1. The number of hydrogen-bond donors (Lipinski definition) is 3. The van der Waals surface area contributed by atoms with Crippen molar-refractivity contribution in [1.29, 1.82) is 0 Å². The summed E-state index contributed by atoms with van der Waals surface area (Å²) in [7, 11) is 0. The van der Waals surface area contributed by atoms with Crippen molar-refractivity contribution in [3.8, 4) is 0 Å². The smallest absolute Gasteiger partial charge is 0.319 e. The van der Waals surface area contributed by atoms with Crippen molar-refractivity contribution in [2.45, 2.75) is 6.92 Å². The average Bonchev–Trinajstić information content (AvgIpc) is 2.68. The van der Waals surface area contributed by atoms with E-state index in [0.717, 1.165) is 11.9 Å². The van der Waals surface area contributed by atoms with Gasteiger partial charge in [-0.1, -0.05) is 18.2 Å². The zero-order chi connectivity index (χ0) is 20.1. The Balaban J connectivity index is 1.83. The standard InChI is InChI=1S/C17H14BrN7O3/c1-10-6-7-13(19-8-10)22-15-14(25(27)28)16(21-9-20-15)23-24-17(26)11-4-2-3-5-12(11)18/h2-9H,1H3,(H,24,26)(H2,19,20,21,22,23). The molecule has 0 bridgehead atoms. The Labute approximate surface area is 167 Å². The number of nitro groups is 1. The van der Waals surface area contributed by atoms with Crippen molar-refractivity contribution in [3.05, 3.63) is 74.6 Å². The van der Waals surface area contributed by atoms with Gasteiger partial charge in [-0.3, -0.25) is 25.8 Å². The lowest BCUT2D eigenvalue weighted by molar-refractivity contribution is -0.383. The SMILES string of the molecule is Cc1ccc(Nc2ncnc(NNC(=O)c3ccccc3Br)c2[N+](=O)[O-])nc1. The first kappa shape index (κ1) is 19.2. The molecule has 2 aromatic heterocycles. The van der Waals surface area contributed by atoms with Crippen LogP contribution < -0.4 is 16.2 Å². The van der Waals surface area contributed by atoms with Crippen LogP contribution in [0.2, 0.25) is 0 Å². The van der Waals surface area contributed by atoms with Crippen LogP contribution in [0.5, 0.6) is 0 Å². The van der Waals surface area contributed by atoms with Crippen LogP contribution in [0.1, 0.15) is 15.9 Å². The second kappa shape index (κ2) is 8.39. The topological polar surface area (TPSA) is 135 Å². The van der Waals surface area contributed by atoms with Crippen LogP contribution in [-0.2, 0) is 0 Å². The van der Waals surface area contributed by atoms with Gasteiger partial charge in [-0.2, -0.15) is 0 Å². The highest BCUT2D eigenvalue weighted by Crippen LogP contribution is 2.30. The third kappa shape index (κ3) is 4.38. The molecular weight excluding hydrogens is 430 g/mol. The van der Waals surface area contributed by atoms with Gasteiger partial charge in [-0.15, -0.1) is 0 Å². The van der Waals surface area contributed by atoms with Gasteiger partial charge in [-0.25, -0.2) is 15.0 Å². The Morgan fingerprint density at radius 3 is 2.54 bits per heavy atom. The summed E-state index contributed by atoms with van der Waals surface area (Å²) in [6, 6.07) is 10.2. The maximum absolute atomic E-state index is 12.3. The predicted molar refractivity (Wildman–Crippen MR) is 106 cm³/mol. The van der Waals surface area contributed by atoms with E-state index < -0.39 is 16.5 Å². The van der Waals surface area contributed by atoms with Gasteiger partial charge in [-0.05, 0) is 46.6 Å². The number of nitrogens with zero attached hydrogens (tertiary/aromatic N) is 4. The van der Waals surface area contributed by atoms with Gasteiger partial charge in [0, 0.05) is 10.7 Å². The van der Waals surface area contributed by atoms with Crippen LogP contribution in [0.15, 0.2) is 53.4 Å². The number of pyridine rings is 1. The van der Waals surface area contributed by atoms with E-state index in [4.69, 9.17) is 0 Å². The van der Waals surface area contributed by atoms with E-state index in [1.807, 2.05) is 6.92 Å². The Morgan fingerprint density at radius 2 is 1.86 bits per heavy atom. The molecule has 28 heavy (non-hydrogen) atoms. The molecule has 0 aliphatic carbocycles. The van der Waals surface area contributed by atoms with Gasteiger partial charge < -0.3 is 5.32 Å². The normalized spacial score (nSPS) is 10.2. The zero-order valence-corrected chi connectivity index (χ0v) is 16.1. The first-order valence-electron chi connectivity index (χ1n) is 7.95. The minimum absolute atomic E-state index is 0.0611. The van der Waals surface area contributed by atoms with Crippen molar-refractivity contribution in [1.82, 2.24) is 20.4 Å². The summed E-state index contributed by atoms with van der Waals surface area (Å²) in [5.74, 6) is -0.338. The summed E-state index contributed by atoms with van der Waals surface area (Å²) in [5, 5.41) is 14.3. The van der Waals surface area contributed by atoms with Gasteiger partial charge in [0.1, 0.15) is 12.1 Å². The molecule has 11 heteroatoms. The first-order valence-corrected chi connectivity index (χ1v) is 8.75. The molecule has 3 aromatic rings. The number of anilines is 3. The van der Waals surface area contributed by atoms with Crippen LogP contribution in [-0.4, -0.2) is 25.8 Å². The zero-order valence-electron chi connectivity index (χ0n) is 14.5. The molecule has 1 aromatic carbocycles. The summed E-state index contributed by atoms with van der Waals surface area (Å²) in [5.41, 5.74) is 5.74. The van der Waals surface area contributed by atoms with Crippen LogP contribution in [0.4, 0.5) is 23.1 Å². The fourth-order valence-corrected chi connectivity index (χ4v) is 2.69. The number of nitrogens with one attached hydrogen (secondary N) is 3. The number of rotatable bonds is 6. The van der Waals surface area contributed by atoms with Crippen LogP contribution in [0.3, 0.4) is 0 Å². The summed E-state index contributed by atoms with van der Waals surface area (Å²) >= 11 is 3.28. The number of halogens is 1. The van der Waals surface area contributed by atoms with Gasteiger partial charge in [0.05, 0.1) is 10.5 Å². The molecular formula is C17H14BrN7O3.